The van der Waals surface area contributed by atoms with E-state index in [4.69, 9.17) is 0 Å². The third-order valence-corrected chi connectivity index (χ3v) is 4.32. The van der Waals surface area contributed by atoms with Gasteiger partial charge in [0.15, 0.2) is 0 Å². The number of aliphatic carboxylic acids is 1. The number of carbonyl (C=O) groups excluding carboxylic acids is 1. The number of benzene rings is 1. The lowest BCUT2D eigenvalue weighted by atomic mass is 9.94. The molecule has 7 nitrogen and oxygen atoms in total. The quantitative estimate of drug-likeness (QED) is 0.503. The van der Waals surface area contributed by atoms with E-state index in [-0.39, 0.29) is 11.6 Å². The first-order valence-electron chi connectivity index (χ1n) is 7.69. The molecule has 0 radical (unpaired) electrons. The van der Waals surface area contributed by atoms with Crippen molar-refractivity contribution < 1.29 is 19.6 Å². The SMILES string of the molecule is Cc1cc([N+](=O)[O-])ccc1C(=O)N[C@H]1CCCCC[C@H]1C(=O)O. The number of carboxylic acid groups (broad SMARTS) is 1. The fraction of sp³-hybridized carbons (Fsp3) is 0.500. The van der Waals surface area contributed by atoms with Crippen LogP contribution in [0, 0.1) is 23.0 Å². The van der Waals surface area contributed by atoms with E-state index in [1.54, 1.807) is 6.92 Å². The lowest BCUT2D eigenvalue weighted by Gasteiger charge is -2.23. The third kappa shape index (κ3) is 4.06. The van der Waals surface area contributed by atoms with E-state index in [2.05, 4.69) is 5.32 Å². The van der Waals surface area contributed by atoms with Crippen LogP contribution in [0.5, 0.6) is 0 Å². The average Bonchev–Trinajstić information content (AvgIpc) is 2.72. The molecule has 0 aromatic heterocycles. The number of aryl methyl sites for hydroxylation is 1. The summed E-state index contributed by atoms with van der Waals surface area (Å²) in [5.74, 6) is -1.85. The number of amides is 1. The van der Waals surface area contributed by atoms with Gasteiger partial charge in [0.1, 0.15) is 0 Å². The van der Waals surface area contributed by atoms with E-state index in [0.717, 1.165) is 19.3 Å². The number of nitrogens with one attached hydrogen (secondary N) is 1. The van der Waals surface area contributed by atoms with Crippen LogP contribution in [0.2, 0.25) is 0 Å². The number of hydrogen-bond donors (Lipinski definition) is 2. The van der Waals surface area contributed by atoms with Crippen molar-refractivity contribution in [3.8, 4) is 0 Å². The lowest BCUT2D eigenvalue weighted by molar-refractivity contribution is -0.384. The number of nitrogens with zero attached hydrogens (tertiary/aromatic N) is 1. The van der Waals surface area contributed by atoms with Crippen LogP contribution in [0.3, 0.4) is 0 Å². The molecule has 1 aromatic rings. The minimum absolute atomic E-state index is 0.0723. The summed E-state index contributed by atoms with van der Waals surface area (Å²) in [6, 6.07) is 3.63. The Balaban J connectivity index is 2.16. The van der Waals surface area contributed by atoms with Crippen molar-refractivity contribution in [2.75, 3.05) is 0 Å². The maximum Gasteiger partial charge on any atom is 0.308 e. The normalized spacial score (nSPS) is 21.3. The molecule has 1 fully saturated rings. The molecule has 1 aliphatic rings. The Hall–Kier alpha value is -2.44. The van der Waals surface area contributed by atoms with Crippen molar-refractivity contribution in [1.82, 2.24) is 5.32 Å². The number of non-ortho nitro benzene ring substituents is 1. The molecule has 0 heterocycles. The predicted octanol–water partition coefficient (Wildman–Crippen LogP) is 2.67. The van der Waals surface area contributed by atoms with E-state index in [9.17, 15) is 24.8 Å². The summed E-state index contributed by atoms with van der Waals surface area (Å²) in [6.07, 6.45) is 3.88. The first-order chi connectivity index (χ1) is 10.9. The standard InChI is InChI=1S/C16H20N2O5/c1-10-9-11(18(22)23)7-8-12(10)15(19)17-14-6-4-2-3-5-13(14)16(20)21/h7-9,13-14H,2-6H2,1H3,(H,17,19)(H,20,21)/t13-,14+/m1/s1. The Morgan fingerprint density at radius 2 is 1.96 bits per heavy atom. The Labute approximate surface area is 133 Å². The van der Waals surface area contributed by atoms with Crippen LogP contribution >= 0.6 is 0 Å². The van der Waals surface area contributed by atoms with Gasteiger partial charge in [0.25, 0.3) is 11.6 Å². The topological polar surface area (TPSA) is 110 Å². The summed E-state index contributed by atoms with van der Waals surface area (Å²) in [5.41, 5.74) is 0.762. The molecular formula is C16H20N2O5. The summed E-state index contributed by atoms with van der Waals surface area (Å²) in [5, 5.41) is 22.9. The second kappa shape index (κ2) is 7.21. The van der Waals surface area contributed by atoms with Crippen molar-refractivity contribution >= 4 is 17.6 Å². The first-order valence-corrected chi connectivity index (χ1v) is 7.69. The Kier molecular flexibility index (Phi) is 5.31. The van der Waals surface area contributed by atoms with Crippen molar-refractivity contribution in [3.63, 3.8) is 0 Å². The van der Waals surface area contributed by atoms with Gasteiger partial charge in [-0.25, -0.2) is 0 Å². The Bertz CT molecular complexity index is 629. The van der Waals surface area contributed by atoms with Gasteiger partial charge in [-0.3, -0.25) is 19.7 Å². The highest BCUT2D eigenvalue weighted by Crippen LogP contribution is 2.25. The van der Waals surface area contributed by atoms with E-state index in [0.29, 0.717) is 24.0 Å². The zero-order valence-corrected chi connectivity index (χ0v) is 12.9. The molecule has 23 heavy (non-hydrogen) atoms. The molecule has 1 aliphatic carbocycles. The molecule has 7 heteroatoms. The molecule has 1 amide bonds. The lowest BCUT2D eigenvalue weighted by Crippen LogP contribution is -2.43. The molecule has 2 atom stereocenters. The first kappa shape index (κ1) is 16.9. The predicted molar refractivity (Wildman–Crippen MR) is 83.3 cm³/mol. The van der Waals surface area contributed by atoms with Crippen molar-refractivity contribution in [1.29, 1.82) is 0 Å². The number of carboxylic acids is 1. The molecule has 1 aromatic carbocycles. The van der Waals surface area contributed by atoms with Crippen LogP contribution in [0.15, 0.2) is 18.2 Å². The van der Waals surface area contributed by atoms with Gasteiger partial charge in [-0.15, -0.1) is 0 Å². The van der Waals surface area contributed by atoms with Gasteiger partial charge in [0.2, 0.25) is 0 Å². The summed E-state index contributed by atoms with van der Waals surface area (Å²) in [7, 11) is 0. The summed E-state index contributed by atoms with van der Waals surface area (Å²) < 4.78 is 0. The molecule has 0 bridgehead atoms. The van der Waals surface area contributed by atoms with Crippen LogP contribution in [-0.4, -0.2) is 27.9 Å². The van der Waals surface area contributed by atoms with Gasteiger partial charge < -0.3 is 10.4 Å². The number of nitro benzene ring substituents is 1. The third-order valence-electron chi connectivity index (χ3n) is 4.32. The zero-order valence-electron chi connectivity index (χ0n) is 12.9. The largest absolute Gasteiger partial charge is 0.481 e. The van der Waals surface area contributed by atoms with Crippen LogP contribution in [-0.2, 0) is 4.79 Å². The minimum Gasteiger partial charge on any atom is -0.481 e. The second-order valence-corrected chi connectivity index (χ2v) is 5.92. The van der Waals surface area contributed by atoms with Gasteiger partial charge in [-0.2, -0.15) is 0 Å². The van der Waals surface area contributed by atoms with Gasteiger partial charge >= 0.3 is 5.97 Å². The summed E-state index contributed by atoms with van der Waals surface area (Å²) >= 11 is 0. The van der Waals surface area contributed by atoms with Gasteiger partial charge in [-0.05, 0) is 31.4 Å². The number of rotatable bonds is 4. The monoisotopic (exact) mass is 320 g/mol. The average molecular weight is 320 g/mol. The number of hydrogen-bond acceptors (Lipinski definition) is 4. The Morgan fingerprint density at radius 3 is 2.57 bits per heavy atom. The van der Waals surface area contributed by atoms with Crippen molar-refractivity contribution in [2.24, 2.45) is 5.92 Å². The molecule has 124 valence electrons. The Morgan fingerprint density at radius 1 is 1.26 bits per heavy atom. The molecule has 2 rings (SSSR count). The number of nitro groups is 1. The maximum absolute atomic E-state index is 12.4. The molecule has 1 saturated carbocycles. The number of carbonyl (C=O) groups is 2. The van der Waals surface area contributed by atoms with Crippen molar-refractivity contribution in [3.05, 3.63) is 39.4 Å². The summed E-state index contributed by atoms with van der Waals surface area (Å²) in [4.78, 5) is 34.1. The summed E-state index contributed by atoms with van der Waals surface area (Å²) in [6.45, 7) is 1.63. The van der Waals surface area contributed by atoms with Crippen LogP contribution < -0.4 is 5.32 Å². The molecular weight excluding hydrogens is 300 g/mol. The van der Waals surface area contributed by atoms with E-state index in [1.807, 2.05) is 0 Å². The zero-order chi connectivity index (χ0) is 17.0. The van der Waals surface area contributed by atoms with Crippen LogP contribution in [0.1, 0.15) is 48.0 Å². The molecule has 0 aliphatic heterocycles. The highest BCUT2D eigenvalue weighted by atomic mass is 16.6. The second-order valence-electron chi connectivity index (χ2n) is 5.92. The van der Waals surface area contributed by atoms with E-state index in [1.165, 1.54) is 18.2 Å². The van der Waals surface area contributed by atoms with Gasteiger partial charge in [0, 0.05) is 23.7 Å². The van der Waals surface area contributed by atoms with E-state index >= 15 is 0 Å². The fourth-order valence-electron chi connectivity index (χ4n) is 3.04. The van der Waals surface area contributed by atoms with Gasteiger partial charge in [0.05, 0.1) is 10.8 Å². The molecule has 2 N–H and O–H groups in total. The highest BCUT2D eigenvalue weighted by Gasteiger charge is 2.31. The fourth-order valence-corrected chi connectivity index (χ4v) is 3.04. The maximum atomic E-state index is 12.4. The molecule has 0 spiro atoms. The molecule has 0 saturated heterocycles. The molecule has 0 unspecified atom stereocenters. The van der Waals surface area contributed by atoms with Crippen molar-refractivity contribution in [2.45, 2.75) is 45.1 Å². The smallest absolute Gasteiger partial charge is 0.308 e. The minimum atomic E-state index is -0.891. The highest BCUT2D eigenvalue weighted by molar-refractivity contribution is 5.96. The van der Waals surface area contributed by atoms with E-state index < -0.39 is 22.9 Å². The van der Waals surface area contributed by atoms with Crippen LogP contribution in [0.4, 0.5) is 5.69 Å². The van der Waals surface area contributed by atoms with Gasteiger partial charge in [-0.1, -0.05) is 19.3 Å². The van der Waals surface area contributed by atoms with Crippen LogP contribution in [0.25, 0.3) is 0 Å².